The van der Waals surface area contributed by atoms with Gasteiger partial charge < -0.3 is 10.2 Å². The van der Waals surface area contributed by atoms with E-state index in [-0.39, 0.29) is 0 Å². The Morgan fingerprint density at radius 3 is 3.11 bits per heavy atom. The number of hydrogen-bond acceptors (Lipinski definition) is 4. The van der Waals surface area contributed by atoms with Gasteiger partial charge in [0.1, 0.15) is 11.9 Å². The van der Waals surface area contributed by atoms with Crippen molar-refractivity contribution in [2.45, 2.75) is 6.42 Å². The van der Waals surface area contributed by atoms with Crippen LogP contribution in [0.5, 0.6) is 0 Å². The maximum absolute atomic E-state index is 9.21. The summed E-state index contributed by atoms with van der Waals surface area (Å²) < 4.78 is 0.861. The molecule has 2 aliphatic heterocycles. The van der Waals surface area contributed by atoms with E-state index in [0.717, 1.165) is 42.4 Å². The molecule has 0 aliphatic carbocycles. The second-order valence-electron chi connectivity index (χ2n) is 5.05. The summed E-state index contributed by atoms with van der Waals surface area (Å²) in [5.41, 5.74) is 0.661. The van der Waals surface area contributed by atoms with Gasteiger partial charge in [-0.15, -0.1) is 0 Å². The number of hydrogen-bond donors (Lipinski definition) is 1. The van der Waals surface area contributed by atoms with Gasteiger partial charge in [-0.2, -0.15) is 5.26 Å². The van der Waals surface area contributed by atoms with Crippen molar-refractivity contribution in [2.24, 2.45) is 11.8 Å². The van der Waals surface area contributed by atoms with Crippen molar-refractivity contribution in [3.05, 3.63) is 22.3 Å². The van der Waals surface area contributed by atoms with Crippen LogP contribution in [0, 0.1) is 23.2 Å². The second-order valence-corrected chi connectivity index (χ2v) is 5.97. The van der Waals surface area contributed by atoms with Crippen LogP contribution in [0.25, 0.3) is 0 Å². The Morgan fingerprint density at radius 1 is 1.44 bits per heavy atom. The molecular weight excluding hydrogens is 292 g/mol. The number of piperidine rings is 1. The molecule has 2 unspecified atom stereocenters. The van der Waals surface area contributed by atoms with E-state index in [0.29, 0.717) is 11.5 Å². The van der Waals surface area contributed by atoms with Crippen LogP contribution in [0.3, 0.4) is 0 Å². The van der Waals surface area contributed by atoms with Gasteiger partial charge in [-0.3, -0.25) is 0 Å². The molecule has 3 rings (SSSR count). The minimum absolute atomic E-state index is 0.661. The first-order valence-corrected chi connectivity index (χ1v) is 7.08. The fraction of sp³-hybridized carbons (Fsp3) is 0.538. The van der Waals surface area contributed by atoms with Crippen LogP contribution < -0.4 is 10.2 Å². The Morgan fingerprint density at radius 2 is 2.28 bits per heavy atom. The van der Waals surface area contributed by atoms with E-state index >= 15 is 0 Å². The summed E-state index contributed by atoms with van der Waals surface area (Å²) in [7, 11) is 0. The lowest BCUT2D eigenvalue weighted by Gasteiger charge is -2.35. The van der Waals surface area contributed by atoms with Crippen LogP contribution in [0.1, 0.15) is 12.0 Å². The van der Waals surface area contributed by atoms with E-state index < -0.39 is 0 Å². The third-order valence-electron chi connectivity index (χ3n) is 3.96. The predicted molar refractivity (Wildman–Crippen MR) is 73.3 cm³/mol. The quantitative estimate of drug-likeness (QED) is 0.859. The molecule has 2 atom stereocenters. The zero-order valence-electron chi connectivity index (χ0n) is 10.1. The monoisotopic (exact) mass is 306 g/mol. The van der Waals surface area contributed by atoms with E-state index in [4.69, 9.17) is 0 Å². The number of aromatic nitrogens is 1. The average molecular weight is 307 g/mol. The number of fused-ring (bicyclic) bond motifs is 1. The highest BCUT2D eigenvalue weighted by Gasteiger charge is 2.33. The Bertz CT molecular complexity index is 496. The molecular formula is C13H15BrN4. The van der Waals surface area contributed by atoms with E-state index in [1.807, 2.05) is 6.07 Å². The maximum Gasteiger partial charge on any atom is 0.146 e. The molecule has 0 radical (unpaired) electrons. The van der Waals surface area contributed by atoms with E-state index in [1.165, 1.54) is 6.42 Å². The van der Waals surface area contributed by atoms with Crippen molar-refractivity contribution in [1.29, 1.82) is 5.26 Å². The lowest BCUT2D eigenvalue weighted by Crippen LogP contribution is -2.40. The molecule has 94 valence electrons. The van der Waals surface area contributed by atoms with E-state index in [1.54, 1.807) is 6.20 Å². The zero-order chi connectivity index (χ0) is 12.5. The molecule has 0 bridgehead atoms. The van der Waals surface area contributed by atoms with Gasteiger partial charge >= 0.3 is 0 Å². The molecule has 2 fully saturated rings. The van der Waals surface area contributed by atoms with Gasteiger partial charge in [-0.05, 0) is 53.3 Å². The summed E-state index contributed by atoms with van der Waals surface area (Å²) in [6, 6.07) is 4.09. The third kappa shape index (κ3) is 2.11. The van der Waals surface area contributed by atoms with Crippen molar-refractivity contribution in [1.82, 2.24) is 10.3 Å². The number of nitrogens with zero attached hydrogens (tertiary/aromatic N) is 3. The summed E-state index contributed by atoms with van der Waals surface area (Å²) >= 11 is 3.36. The molecule has 3 heterocycles. The number of halogens is 1. The first-order chi connectivity index (χ1) is 8.78. The molecule has 18 heavy (non-hydrogen) atoms. The number of nitriles is 1. The topological polar surface area (TPSA) is 52.0 Å². The normalized spacial score (nSPS) is 26.8. The highest BCUT2D eigenvalue weighted by Crippen LogP contribution is 2.30. The van der Waals surface area contributed by atoms with Crippen molar-refractivity contribution in [3.8, 4) is 6.07 Å². The van der Waals surface area contributed by atoms with Gasteiger partial charge in [0.25, 0.3) is 0 Å². The molecule has 2 aliphatic rings. The van der Waals surface area contributed by atoms with Gasteiger partial charge in [-0.1, -0.05) is 0 Å². The minimum Gasteiger partial charge on any atom is -0.355 e. The first-order valence-electron chi connectivity index (χ1n) is 6.29. The summed E-state index contributed by atoms with van der Waals surface area (Å²) in [4.78, 5) is 6.69. The summed E-state index contributed by atoms with van der Waals surface area (Å²) in [6.07, 6.45) is 2.97. The molecule has 0 spiro atoms. The van der Waals surface area contributed by atoms with Gasteiger partial charge in [-0.25, -0.2) is 4.98 Å². The molecule has 5 heteroatoms. The molecule has 2 saturated heterocycles. The Kier molecular flexibility index (Phi) is 3.23. The fourth-order valence-corrected chi connectivity index (χ4v) is 3.32. The van der Waals surface area contributed by atoms with Gasteiger partial charge in [0.2, 0.25) is 0 Å². The van der Waals surface area contributed by atoms with Crippen LogP contribution >= 0.6 is 15.9 Å². The van der Waals surface area contributed by atoms with Crippen molar-refractivity contribution in [3.63, 3.8) is 0 Å². The van der Waals surface area contributed by atoms with E-state index in [9.17, 15) is 5.26 Å². The first kappa shape index (κ1) is 11.9. The van der Waals surface area contributed by atoms with Crippen LogP contribution in [-0.2, 0) is 0 Å². The van der Waals surface area contributed by atoms with Gasteiger partial charge in [0.15, 0.2) is 0 Å². The molecule has 1 aromatic rings. The van der Waals surface area contributed by atoms with Gasteiger partial charge in [0.05, 0.1) is 5.56 Å². The zero-order valence-corrected chi connectivity index (χ0v) is 11.7. The summed E-state index contributed by atoms with van der Waals surface area (Å²) in [5, 5.41) is 12.7. The fourth-order valence-electron chi connectivity index (χ4n) is 2.99. The van der Waals surface area contributed by atoms with Crippen LogP contribution in [0.4, 0.5) is 5.82 Å². The summed E-state index contributed by atoms with van der Waals surface area (Å²) in [5.74, 6) is 2.35. The van der Waals surface area contributed by atoms with Crippen molar-refractivity contribution < 1.29 is 0 Å². The highest BCUT2D eigenvalue weighted by molar-refractivity contribution is 9.10. The van der Waals surface area contributed by atoms with Crippen molar-refractivity contribution >= 4 is 21.7 Å². The van der Waals surface area contributed by atoms with Crippen molar-refractivity contribution in [2.75, 3.05) is 31.1 Å². The average Bonchev–Trinajstić information content (AvgIpc) is 2.85. The van der Waals surface area contributed by atoms with Crippen LogP contribution in [0.2, 0.25) is 0 Å². The van der Waals surface area contributed by atoms with E-state index in [2.05, 4.69) is 37.2 Å². The van der Waals surface area contributed by atoms with Crippen LogP contribution in [0.15, 0.2) is 16.7 Å². The second kappa shape index (κ2) is 4.87. The molecule has 0 saturated carbocycles. The minimum atomic E-state index is 0.661. The summed E-state index contributed by atoms with van der Waals surface area (Å²) in [6.45, 7) is 4.27. The standard InChI is InChI=1S/C13H15BrN4/c14-12-3-10(4-15)13(17-7-12)18-2-1-9-5-16-6-11(9)8-18/h3,7,9,11,16H,1-2,5-6,8H2. The lowest BCUT2D eigenvalue weighted by atomic mass is 9.88. The molecule has 1 N–H and O–H groups in total. The Labute approximate surface area is 115 Å². The Hall–Kier alpha value is -1.12. The molecule has 4 nitrogen and oxygen atoms in total. The molecule has 1 aromatic heterocycles. The largest absolute Gasteiger partial charge is 0.355 e. The van der Waals surface area contributed by atoms with Gasteiger partial charge in [0, 0.05) is 23.8 Å². The molecule has 0 aromatic carbocycles. The smallest absolute Gasteiger partial charge is 0.146 e. The highest BCUT2D eigenvalue weighted by atomic mass is 79.9. The SMILES string of the molecule is N#Cc1cc(Br)cnc1N1CCC2CNCC2C1. The Balaban J connectivity index is 1.85. The number of rotatable bonds is 1. The van der Waals surface area contributed by atoms with Crippen LogP contribution in [-0.4, -0.2) is 31.2 Å². The number of anilines is 1. The number of pyridine rings is 1. The maximum atomic E-state index is 9.21. The number of nitrogens with one attached hydrogen (secondary N) is 1. The third-order valence-corrected chi connectivity index (χ3v) is 4.39. The predicted octanol–water partition coefficient (Wildman–Crippen LogP) is 1.76. The lowest BCUT2D eigenvalue weighted by molar-refractivity contribution is 0.347. The molecule has 0 amide bonds.